The molecule has 2 atom stereocenters. The summed E-state index contributed by atoms with van der Waals surface area (Å²) in [5.41, 5.74) is 0.385. The smallest absolute Gasteiger partial charge is 0.338 e. The van der Waals surface area contributed by atoms with Crippen LogP contribution in [0.3, 0.4) is 0 Å². The SMILES string of the molecule is COC(=O)CCC(=O)C[C@H](O)C[C@H](CCl)OC(=O)c1ccccc1. The van der Waals surface area contributed by atoms with E-state index in [2.05, 4.69) is 4.74 Å². The number of ketones is 1. The van der Waals surface area contributed by atoms with Crippen molar-refractivity contribution in [1.82, 2.24) is 0 Å². The van der Waals surface area contributed by atoms with Gasteiger partial charge in [0, 0.05) is 19.3 Å². The molecule has 0 saturated carbocycles. The van der Waals surface area contributed by atoms with E-state index in [1.165, 1.54) is 7.11 Å². The summed E-state index contributed by atoms with van der Waals surface area (Å²) in [5, 5.41) is 9.94. The van der Waals surface area contributed by atoms with E-state index in [4.69, 9.17) is 16.3 Å². The van der Waals surface area contributed by atoms with Gasteiger partial charge in [0.25, 0.3) is 0 Å². The summed E-state index contributed by atoms with van der Waals surface area (Å²) in [5.74, 6) is -1.28. The van der Waals surface area contributed by atoms with Crippen LogP contribution in [0.1, 0.15) is 36.0 Å². The van der Waals surface area contributed by atoms with Gasteiger partial charge in [-0.2, -0.15) is 0 Å². The molecule has 0 aliphatic rings. The summed E-state index contributed by atoms with van der Waals surface area (Å²) in [7, 11) is 1.24. The van der Waals surface area contributed by atoms with Crippen LogP contribution in [-0.2, 0) is 19.1 Å². The molecule has 0 radical (unpaired) electrons. The fraction of sp³-hybridized carbons (Fsp3) is 0.471. The summed E-state index contributed by atoms with van der Waals surface area (Å²) in [6.45, 7) is 0. The first-order valence-corrected chi connectivity index (χ1v) is 8.08. The number of halogens is 1. The van der Waals surface area contributed by atoms with Gasteiger partial charge in [0.2, 0.25) is 0 Å². The summed E-state index contributed by atoms with van der Waals surface area (Å²) >= 11 is 5.77. The van der Waals surface area contributed by atoms with Crippen LogP contribution in [0, 0.1) is 0 Å². The average Bonchev–Trinajstić information content (AvgIpc) is 2.59. The number of hydrogen-bond acceptors (Lipinski definition) is 6. The first-order valence-electron chi connectivity index (χ1n) is 7.54. The number of rotatable bonds is 10. The Hall–Kier alpha value is -1.92. The first-order chi connectivity index (χ1) is 11.5. The van der Waals surface area contributed by atoms with Gasteiger partial charge in [-0.3, -0.25) is 9.59 Å². The number of methoxy groups -OCH3 is 1. The maximum Gasteiger partial charge on any atom is 0.338 e. The van der Waals surface area contributed by atoms with Crippen molar-refractivity contribution >= 4 is 29.3 Å². The molecule has 1 aromatic rings. The van der Waals surface area contributed by atoms with Gasteiger partial charge >= 0.3 is 11.9 Å². The van der Waals surface area contributed by atoms with Crippen molar-refractivity contribution in [2.24, 2.45) is 0 Å². The highest BCUT2D eigenvalue weighted by molar-refractivity contribution is 6.18. The minimum atomic E-state index is -0.998. The molecule has 0 amide bonds. The Morgan fingerprint density at radius 3 is 2.42 bits per heavy atom. The molecule has 0 aromatic heterocycles. The van der Waals surface area contributed by atoms with Crippen LogP contribution in [0.5, 0.6) is 0 Å². The molecule has 1 aromatic carbocycles. The Morgan fingerprint density at radius 2 is 1.83 bits per heavy atom. The van der Waals surface area contributed by atoms with Crippen molar-refractivity contribution in [2.75, 3.05) is 13.0 Å². The minimum absolute atomic E-state index is 0.000915. The van der Waals surface area contributed by atoms with Crippen molar-refractivity contribution in [2.45, 2.75) is 37.9 Å². The van der Waals surface area contributed by atoms with E-state index < -0.39 is 24.1 Å². The first kappa shape index (κ1) is 20.1. The van der Waals surface area contributed by atoms with Gasteiger partial charge in [-0.1, -0.05) is 18.2 Å². The van der Waals surface area contributed by atoms with E-state index in [1.54, 1.807) is 30.3 Å². The third-order valence-electron chi connectivity index (χ3n) is 3.29. The second-order valence-electron chi connectivity index (χ2n) is 5.26. The fourth-order valence-corrected chi connectivity index (χ4v) is 2.22. The Labute approximate surface area is 145 Å². The van der Waals surface area contributed by atoms with Gasteiger partial charge in [0.05, 0.1) is 31.1 Å². The van der Waals surface area contributed by atoms with Crippen LogP contribution >= 0.6 is 11.6 Å². The molecule has 0 aliphatic carbocycles. The molecule has 0 aliphatic heterocycles. The Kier molecular flexibility index (Phi) is 9.04. The molecule has 0 heterocycles. The van der Waals surface area contributed by atoms with Gasteiger partial charge in [-0.05, 0) is 12.1 Å². The number of aliphatic hydroxyl groups excluding tert-OH is 1. The monoisotopic (exact) mass is 356 g/mol. The van der Waals surface area contributed by atoms with Gasteiger partial charge in [-0.15, -0.1) is 11.6 Å². The topological polar surface area (TPSA) is 89.9 Å². The molecule has 7 heteroatoms. The maximum absolute atomic E-state index is 11.9. The third-order valence-corrected chi connectivity index (χ3v) is 3.63. The van der Waals surface area contributed by atoms with Crippen LogP contribution < -0.4 is 0 Å². The molecule has 0 fully saturated rings. The lowest BCUT2D eigenvalue weighted by molar-refractivity contribution is -0.142. The van der Waals surface area contributed by atoms with E-state index >= 15 is 0 Å². The van der Waals surface area contributed by atoms with Crippen LogP contribution in [-0.4, -0.2) is 48.0 Å². The van der Waals surface area contributed by atoms with E-state index in [0.29, 0.717) is 5.56 Å². The maximum atomic E-state index is 11.9. The Bertz CT molecular complexity index is 545. The molecule has 0 spiro atoms. The molecule has 1 rings (SSSR count). The number of carbonyl (C=O) groups excluding carboxylic acids is 3. The number of esters is 2. The van der Waals surface area contributed by atoms with Crippen molar-refractivity contribution in [3.8, 4) is 0 Å². The normalized spacial score (nSPS) is 13.0. The van der Waals surface area contributed by atoms with E-state index in [1.807, 2.05) is 0 Å². The van der Waals surface area contributed by atoms with Crippen LogP contribution in [0.25, 0.3) is 0 Å². The quantitative estimate of drug-likeness (QED) is 0.510. The molecule has 1 N–H and O–H groups in total. The summed E-state index contributed by atoms with van der Waals surface area (Å²) in [6.07, 6.45) is -1.81. The predicted octanol–water partition coefficient (Wildman–Crippen LogP) is 2.11. The fourth-order valence-electron chi connectivity index (χ4n) is 2.03. The average molecular weight is 357 g/mol. The van der Waals surface area contributed by atoms with E-state index in [9.17, 15) is 19.5 Å². The Morgan fingerprint density at radius 1 is 1.17 bits per heavy atom. The van der Waals surface area contributed by atoms with Crippen LogP contribution in [0.2, 0.25) is 0 Å². The predicted molar refractivity (Wildman–Crippen MR) is 87.9 cm³/mol. The number of carbonyl (C=O) groups is 3. The molecule has 6 nitrogen and oxygen atoms in total. The minimum Gasteiger partial charge on any atom is -0.469 e. The molecule has 0 bridgehead atoms. The zero-order valence-electron chi connectivity index (χ0n) is 13.4. The zero-order chi connectivity index (χ0) is 17.9. The summed E-state index contributed by atoms with van der Waals surface area (Å²) in [4.78, 5) is 34.6. The van der Waals surface area contributed by atoms with Gasteiger partial charge in [0.1, 0.15) is 11.9 Å². The third kappa shape index (κ3) is 7.57. The number of benzene rings is 1. The number of alkyl halides is 1. The van der Waals surface area contributed by atoms with Crippen LogP contribution in [0.15, 0.2) is 30.3 Å². The summed E-state index contributed by atoms with van der Waals surface area (Å²) < 4.78 is 9.68. The lowest BCUT2D eigenvalue weighted by atomic mass is 10.0. The van der Waals surface area contributed by atoms with Gasteiger partial charge in [-0.25, -0.2) is 4.79 Å². The highest BCUT2D eigenvalue weighted by Gasteiger charge is 2.21. The van der Waals surface area contributed by atoms with Crippen molar-refractivity contribution in [3.63, 3.8) is 0 Å². The van der Waals surface area contributed by atoms with Gasteiger partial charge in [0.15, 0.2) is 0 Å². The lowest BCUT2D eigenvalue weighted by Crippen LogP contribution is -2.27. The molecule has 24 heavy (non-hydrogen) atoms. The molecule has 132 valence electrons. The second-order valence-corrected chi connectivity index (χ2v) is 5.56. The molecular weight excluding hydrogens is 336 g/mol. The second kappa shape index (κ2) is 10.8. The number of hydrogen-bond donors (Lipinski definition) is 1. The zero-order valence-corrected chi connectivity index (χ0v) is 14.2. The van der Waals surface area contributed by atoms with Crippen molar-refractivity contribution in [1.29, 1.82) is 0 Å². The van der Waals surface area contributed by atoms with Crippen LogP contribution in [0.4, 0.5) is 0 Å². The van der Waals surface area contributed by atoms with Crippen molar-refractivity contribution < 1.29 is 29.0 Å². The van der Waals surface area contributed by atoms with E-state index in [-0.39, 0.29) is 37.3 Å². The molecule has 0 saturated heterocycles. The highest BCUT2D eigenvalue weighted by Crippen LogP contribution is 2.13. The molecular formula is C17H21ClO6. The van der Waals surface area contributed by atoms with Gasteiger partial charge < -0.3 is 14.6 Å². The lowest BCUT2D eigenvalue weighted by Gasteiger charge is -2.18. The van der Waals surface area contributed by atoms with E-state index in [0.717, 1.165) is 0 Å². The summed E-state index contributed by atoms with van der Waals surface area (Å²) in [6, 6.07) is 8.42. The number of aliphatic hydroxyl groups is 1. The molecule has 0 unspecified atom stereocenters. The highest BCUT2D eigenvalue weighted by atomic mass is 35.5. The Balaban J connectivity index is 2.42. The largest absolute Gasteiger partial charge is 0.469 e. The number of ether oxygens (including phenoxy) is 2. The number of Topliss-reactive ketones (excluding diaryl/α,β-unsaturated/α-hetero) is 1. The standard InChI is InChI=1S/C17H21ClO6/c1-23-16(21)8-7-13(19)9-14(20)10-15(11-18)24-17(22)12-5-3-2-4-6-12/h2-6,14-15,20H,7-11H2,1H3/t14-,15+/m0/s1. The van der Waals surface area contributed by atoms with Crippen molar-refractivity contribution in [3.05, 3.63) is 35.9 Å².